The van der Waals surface area contributed by atoms with Crippen molar-refractivity contribution in [2.24, 2.45) is 0 Å². The van der Waals surface area contributed by atoms with Crippen LogP contribution in [-0.2, 0) is 24.4 Å². The smallest absolute Gasteiger partial charge is 0.246 e. The maximum absolute atomic E-state index is 13.0. The Labute approximate surface area is 157 Å². The number of benzene rings is 1. The molecule has 4 rings (SSSR count). The molecule has 3 heterocycles. The lowest BCUT2D eigenvalue weighted by molar-refractivity contribution is -0.137. The van der Waals surface area contributed by atoms with E-state index >= 15 is 0 Å². The largest absolute Gasteiger partial charge is 0.497 e. The number of fused-ring (bicyclic) bond motifs is 1. The molecule has 0 unspecified atom stereocenters. The number of carbonyl (C=O) groups excluding carboxylic acids is 1. The van der Waals surface area contributed by atoms with Gasteiger partial charge in [0.1, 0.15) is 11.8 Å². The van der Waals surface area contributed by atoms with Crippen molar-refractivity contribution in [3.63, 3.8) is 0 Å². The minimum atomic E-state index is -0.359. The number of nitrogens with zero attached hydrogens (tertiary/aromatic N) is 6. The number of methoxy groups -OCH3 is 1. The number of carbonyl (C=O) groups is 1. The fraction of sp³-hybridized carbons (Fsp3) is 0.368. The molecule has 0 bridgehead atoms. The van der Waals surface area contributed by atoms with E-state index in [9.17, 15) is 4.79 Å². The van der Waals surface area contributed by atoms with Crippen LogP contribution in [0.4, 0.5) is 0 Å². The van der Waals surface area contributed by atoms with E-state index in [0.29, 0.717) is 18.9 Å². The summed E-state index contributed by atoms with van der Waals surface area (Å²) >= 11 is 0. The van der Waals surface area contributed by atoms with Gasteiger partial charge in [-0.2, -0.15) is 5.10 Å². The summed E-state index contributed by atoms with van der Waals surface area (Å²) in [6.45, 7) is 5.67. The first-order valence-corrected chi connectivity index (χ1v) is 8.99. The molecule has 1 aliphatic heterocycles. The molecule has 3 aromatic rings. The molecule has 0 saturated carbocycles. The average Bonchev–Trinajstić information content (AvgIpc) is 3.33. The fourth-order valence-corrected chi connectivity index (χ4v) is 3.40. The molecule has 1 aliphatic rings. The Hall–Kier alpha value is -3.16. The van der Waals surface area contributed by atoms with E-state index in [1.807, 2.05) is 58.5 Å². The third-order valence-corrected chi connectivity index (χ3v) is 4.90. The van der Waals surface area contributed by atoms with Crippen LogP contribution in [0.1, 0.15) is 31.3 Å². The minimum absolute atomic E-state index is 0.0576. The average molecular weight is 366 g/mol. The Bertz CT molecular complexity index is 959. The van der Waals surface area contributed by atoms with Crippen LogP contribution in [0.3, 0.4) is 0 Å². The van der Waals surface area contributed by atoms with E-state index in [1.54, 1.807) is 13.3 Å². The monoisotopic (exact) mass is 366 g/mol. The predicted molar refractivity (Wildman–Crippen MR) is 98.9 cm³/mol. The Morgan fingerprint density at radius 2 is 2.00 bits per heavy atom. The van der Waals surface area contributed by atoms with E-state index in [4.69, 9.17) is 4.74 Å². The summed E-state index contributed by atoms with van der Waals surface area (Å²) in [5.74, 6) is 2.33. The molecule has 1 aromatic carbocycles. The van der Waals surface area contributed by atoms with Crippen molar-refractivity contribution < 1.29 is 9.53 Å². The van der Waals surface area contributed by atoms with Gasteiger partial charge in [-0.1, -0.05) is 12.1 Å². The van der Waals surface area contributed by atoms with Crippen LogP contribution in [0.2, 0.25) is 0 Å². The van der Waals surface area contributed by atoms with Gasteiger partial charge in [-0.25, -0.2) is 0 Å². The number of hydrogen-bond acceptors (Lipinski definition) is 5. The van der Waals surface area contributed by atoms with Gasteiger partial charge in [0, 0.05) is 19.3 Å². The topological polar surface area (TPSA) is 78.1 Å². The molecule has 0 fully saturated rings. The van der Waals surface area contributed by atoms with Crippen LogP contribution in [0.25, 0.3) is 11.4 Å². The Kier molecular flexibility index (Phi) is 4.39. The van der Waals surface area contributed by atoms with Crippen molar-refractivity contribution in [2.45, 2.75) is 39.5 Å². The molecule has 0 aliphatic carbocycles. The van der Waals surface area contributed by atoms with Gasteiger partial charge in [-0.15, -0.1) is 10.2 Å². The molecular formula is C19H22N6O2. The Morgan fingerprint density at radius 3 is 2.67 bits per heavy atom. The van der Waals surface area contributed by atoms with Crippen LogP contribution in [-0.4, -0.2) is 42.5 Å². The lowest BCUT2D eigenvalue weighted by Crippen LogP contribution is -2.41. The van der Waals surface area contributed by atoms with Gasteiger partial charge in [0.2, 0.25) is 5.91 Å². The predicted octanol–water partition coefficient (Wildman–Crippen LogP) is 2.27. The molecule has 140 valence electrons. The molecule has 8 nitrogen and oxygen atoms in total. The maximum Gasteiger partial charge on any atom is 0.246 e. The molecule has 0 saturated heterocycles. The Morgan fingerprint density at radius 1 is 1.22 bits per heavy atom. The summed E-state index contributed by atoms with van der Waals surface area (Å²) in [5.41, 5.74) is 1.92. The second-order valence-corrected chi connectivity index (χ2v) is 6.61. The van der Waals surface area contributed by atoms with E-state index in [-0.39, 0.29) is 11.9 Å². The fourth-order valence-electron chi connectivity index (χ4n) is 3.40. The molecule has 8 heteroatoms. The van der Waals surface area contributed by atoms with Crippen LogP contribution in [0, 0.1) is 0 Å². The lowest BCUT2D eigenvalue weighted by Gasteiger charge is -2.32. The number of hydrogen-bond donors (Lipinski definition) is 0. The quantitative estimate of drug-likeness (QED) is 0.692. The SMILES string of the molecule is CCn1cc(-c2nnc3n2[C@@H](C)C(=O)N(Cc2ccc(OC)cc2)C3)cn1. The van der Waals surface area contributed by atoms with Gasteiger partial charge >= 0.3 is 0 Å². The summed E-state index contributed by atoms with van der Waals surface area (Å²) in [6, 6.07) is 7.39. The highest BCUT2D eigenvalue weighted by atomic mass is 16.5. The standard InChI is InChI=1S/C19H22N6O2/c1-4-24-11-15(9-20-24)18-22-21-17-12-23(19(26)13(2)25(17)18)10-14-5-7-16(27-3)8-6-14/h5-9,11,13H,4,10,12H2,1-3H3/t13-/m0/s1. The third kappa shape index (κ3) is 3.07. The number of amides is 1. The van der Waals surface area contributed by atoms with Gasteiger partial charge in [0.05, 0.1) is 25.4 Å². The second kappa shape index (κ2) is 6.86. The highest BCUT2D eigenvalue weighted by molar-refractivity contribution is 5.82. The summed E-state index contributed by atoms with van der Waals surface area (Å²) in [7, 11) is 1.64. The molecule has 0 radical (unpaired) electrons. The van der Waals surface area contributed by atoms with Crippen molar-refractivity contribution in [2.75, 3.05) is 7.11 Å². The molecule has 27 heavy (non-hydrogen) atoms. The van der Waals surface area contributed by atoms with Crippen LogP contribution < -0.4 is 4.74 Å². The Balaban J connectivity index is 1.60. The maximum atomic E-state index is 13.0. The number of rotatable bonds is 5. The first-order chi connectivity index (χ1) is 13.1. The van der Waals surface area contributed by atoms with E-state index < -0.39 is 0 Å². The van der Waals surface area contributed by atoms with E-state index in [0.717, 1.165) is 29.2 Å². The minimum Gasteiger partial charge on any atom is -0.497 e. The highest BCUT2D eigenvalue weighted by Gasteiger charge is 2.33. The summed E-state index contributed by atoms with van der Waals surface area (Å²) in [5, 5.41) is 13.0. The van der Waals surface area contributed by atoms with Gasteiger partial charge < -0.3 is 9.64 Å². The lowest BCUT2D eigenvalue weighted by atomic mass is 10.1. The zero-order valence-corrected chi connectivity index (χ0v) is 15.7. The number of ether oxygens (including phenoxy) is 1. The summed E-state index contributed by atoms with van der Waals surface area (Å²) < 4.78 is 8.95. The van der Waals surface area contributed by atoms with Crippen LogP contribution >= 0.6 is 0 Å². The van der Waals surface area contributed by atoms with Crippen molar-refractivity contribution in [1.82, 2.24) is 29.4 Å². The van der Waals surface area contributed by atoms with Gasteiger partial charge in [-0.05, 0) is 31.5 Å². The van der Waals surface area contributed by atoms with Gasteiger partial charge in [0.15, 0.2) is 11.6 Å². The van der Waals surface area contributed by atoms with Crippen molar-refractivity contribution in [3.8, 4) is 17.1 Å². The van der Waals surface area contributed by atoms with Crippen LogP contribution in [0.15, 0.2) is 36.7 Å². The van der Waals surface area contributed by atoms with Crippen LogP contribution in [0.5, 0.6) is 5.75 Å². The summed E-state index contributed by atoms with van der Waals surface area (Å²) in [6.07, 6.45) is 3.69. The molecule has 1 atom stereocenters. The second-order valence-electron chi connectivity index (χ2n) is 6.61. The molecule has 0 spiro atoms. The zero-order chi connectivity index (χ0) is 19.0. The first-order valence-electron chi connectivity index (χ1n) is 8.99. The molecule has 0 N–H and O–H groups in total. The molecular weight excluding hydrogens is 344 g/mol. The van der Waals surface area contributed by atoms with Gasteiger partial charge in [-0.3, -0.25) is 14.0 Å². The number of aromatic nitrogens is 5. The van der Waals surface area contributed by atoms with Crippen molar-refractivity contribution in [3.05, 3.63) is 48.0 Å². The van der Waals surface area contributed by atoms with Crippen molar-refractivity contribution >= 4 is 5.91 Å². The zero-order valence-electron chi connectivity index (χ0n) is 15.7. The van der Waals surface area contributed by atoms with Crippen molar-refractivity contribution in [1.29, 1.82) is 0 Å². The summed E-state index contributed by atoms with van der Waals surface area (Å²) in [4.78, 5) is 14.8. The van der Waals surface area contributed by atoms with E-state index in [1.165, 1.54) is 0 Å². The highest BCUT2D eigenvalue weighted by Crippen LogP contribution is 2.29. The molecule has 1 amide bonds. The third-order valence-electron chi connectivity index (χ3n) is 4.90. The number of aryl methyl sites for hydroxylation is 1. The normalized spacial score (nSPS) is 16.5. The molecule has 2 aromatic heterocycles. The first kappa shape index (κ1) is 17.3. The van der Waals surface area contributed by atoms with E-state index in [2.05, 4.69) is 15.3 Å². The van der Waals surface area contributed by atoms with Gasteiger partial charge in [0.25, 0.3) is 0 Å².